The van der Waals surface area contributed by atoms with Crippen LogP contribution in [0.4, 0.5) is 5.69 Å². The number of carbonyl (C=O) groups excluding carboxylic acids is 1. The van der Waals surface area contributed by atoms with Gasteiger partial charge < -0.3 is 15.7 Å². The van der Waals surface area contributed by atoms with E-state index in [1.165, 1.54) is 0 Å². The van der Waals surface area contributed by atoms with Crippen molar-refractivity contribution >= 4 is 11.6 Å². The standard InChI is InChI=1S/C17H28N2O2/c1-5-19(15-12-14(20)7-6-13(15)2)16(21)8-9-17(3,4)10-11-18/h6-7,12,20H,5,8-11,18H2,1-4H3. The molecule has 0 aliphatic heterocycles. The molecule has 1 aromatic carbocycles. The van der Waals surface area contributed by atoms with Gasteiger partial charge in [-0.05, 0) is 50.3 Å². The molecule has 0 atom stereocenters. The topological polar surface area (TPSA) is 66.6 Å². The van der Waals surface area contributed by atoms with Gasteiger partial charge in [-0.3, -0.25) is 4.79 Å². The molecule has 21 heavy (non-hydrogen) atoms. The fraction of sp³-hybridized carbons (Fsp3) is 0.588. The molecule has 1 rings (SSSR count). The number of carbonyl (C=O) groups is 1. The first-order valence-corrected chi connectivity index (χ1v) is 7.61. The van der Waals surface area contributed by atoms with E-state index < -0.39 is 0 Å². The zero-order chi connectivity index (χ0) is 16.0. The number of benzene rings is 1. The van der Waals surface area contributed by atoms with Crippen molar-refractivity contribution in [3.05, 3.63) is 23.8 Å². The van der Waals surface area contributed by atoms with Crippen LogP contribution in [0.2, 0.25) is 0 Å². The van der Waals surface area contributed by atoms with Crippen molar-refractivity contribution in [1.82, 2.24) is 0 Å². The number of nitrogens with two attached hydrogens (primary N) is 1. The Labute approximate surface area is 128 Å². The molecule has 1 amide bonds. The first-order valence-electron chi connectivity index (χ1n) is 7.61. The molecule has 4 heteroatoms. The molecule has 4 nitrogen and oxygen atoms in total. The summed E-state index contributed by atoms with van der Waals surface area (Å²) in [5, 5.41) is 9.64. The van der Waals surface area contributed by atoms with Gasteiger partial charge in [0.15, 0.2) is 0 Å². The third-order valence-electron chi connectivity index (χ3n) is 3.94. The van der Waals surface area contributed by atoms with Gasteiger partial charge in [-0.15, -0.1) is 0 Å². The molecule has 0 aromatic heterocycles. The van der Waals surface area contributed by atoms with Gasteiger partial charge in [0.25, 0.3) is 0 Å². The van der Waals surface area contributed by atoms with Gasteiger partial charge in [0.2, 0.25) is 5.91 Å². The number of nitrogens with zero attached hydrogens (tertiary/aromatic N) is 1. The fourth-order valence-electron chi connectivity index (χ4n) is 2.47. The van der Waals surface area contributed by atoms with Crippen LogP contribution in [-0.2, 0) is 4.79 Å². The van der Waals surface area contributed by atoms with E-state index in [1.54, 1.807) is 17.0 Å². The van der Waals surface area contributed by atoms with Crippen molar-refractivity contribution in [2.75, 3.05) is 18.0 Å². The number of rotatable bonds is 7. The summed E-state index contributed by atoms with van der Waals surface area (Å²) in [6.45, 7) is 9.42. The first kappa shape index (κ1) is 17.5. The Hall–Kier alpha value is -1.55. The van der Waals surface area contributed by atoms with Crippen LogP contribution in [0.25, 0.3) is 0 Å². The minimum Gasteiger partial charge on any atom is -0.508 e. The van der Waals surface area contributed by atoms with Gasteiger partial charge in [0.1, 0.15) is 5.75 Å². The van der Waals surface area contributed by atoms with E-state index in [0.29, 0.717) is 19.5 Å². The van der Waals surface area contributed by atoms with Gasteiger partial charge >= 0.3 is 0 Å². The highest BCUT2D eigenvalue weighted by atomic mass is 16.3. The number of phenolic OH excluding ortho intramolecular Hbond substituents is 1. The zero-order valence-corrected chi connectivity index (χ0v) is 13.6. The Morgan fingerprint density at radius 3 is 2.57 bits per heavy atom. The van der Waals surface area contributed by atoms with Crippen LogP contribution in [0.15, 0.2) is 18.2 Å². The van der Waals surface area contributed by atoms with Crippen molar-refractivity contribution in [3.63, 3.8) is 0 Å². The van der Waals surface area contributed by atoms with E-state index in [2.05, 4.69) is 13.8 Å². The molecule has 1 aromatic rings. The third kappa shape index (κ3) is 5.05. The molecule has 118 valence electrons. The highest BCUT2D eigenvalue weighted by Gasteiger charge is 2.22. The lowest BCUT2D eigenvalue weighted by atomic mass is 9.84. The second kappa shape index (κ2) is 7.46. The van der Waals surface area contributed by atoms with Crippen molar-refractivity contribution < 1.29 is 9.90 Å². The van der Waals surface area contributed by atoms with Crippen LogP contribution in [0.1, 0.15) is 45.6 Å². The van der Waals surface area contributed by atoms with Crippen molar-refractivity contribution in [2.24, 2.45) is 11.1 Å². The highest BCUT2D eigenvalue weighted by molar-refractivity contribution is 5.94. The predicted molar refractivity (Wildman–Crippen MR) is 87.6 cm³/mol. The summed E-state index contributed by atoms with van der Waals surface area (Å²) in [7, 11) is 0. The summed E-state index contributed by atoms with van der Waals surface area (Å²) >= 11 is 0. The fourth-order valence-corrected chi connectivity index (χ4v) is 2.47. The molecule has 0 aliphatic rings. The van der Waals surface area contributed by atoms with Gasteiger partial charge in [0, 0.05) is 19.0 Å². The minimum atomic E-state index is 0.0810. The molecule has 0 saturated carbocycles. The van der Waals surface area contributed by atoms with Crippen LogP contribution in [0.3, 0.4) is 0 Å². The SMILES string of the molecule is CCN(C(=O)CCC(C)(C)CCN)c1cc(O)ccc1C. The number of phenols is 1. The number of hydrogen-bond donors (Lipinski definition) is 2. The monoisotopic (exact) mass is 292 g/mol. The lowest BCUT2D eigenvalue weighted by molar-refractivity contribution is -0.119. The van der Waals surface area contributed by atoms with Crippen LogP contribution < -0.4 is 10.6 Å². The molecule has 3 N–H and O–H groups in total. The van der Waals surface area contributed by atoms with Gasteiger partial charge in [0.05, 0.1) is 5.69 Å². The molecule has 0 fully saturated rings. The molecule has 0 spiro atoms. The van der Waals surface area contributed by atoms with Crippen LogP contribution in [-0.4, -0.2) is 24.1 Å². The molecular weight excluding hydrogens is 264 g/mol. The summed E-state index contributed by atoms with van der Waals surface area (Å²) in [5.41, 5.74) is 7.47. The second-order valence-corrected chi connectivity index (χ2v) is 6.31. The first-order chi connectivity index (χ1) is 9.80. The van der Waals surface area contributed by atoms with Gasteiger partial charge in [-0.2, -0.15) is 0 Å². The summed E-state index contributed by atoms with van der Waals surface area (Å²) in [4.78, 5) is 14.2. The zero-order valence-electron chi connectivity index (χ0n) is 13.6. The molecule has 0 saturated heterocycles. The Kier molecular flexibility index (Phi) is 6.21. The summed E-state index contributed by atoms with van der Waals surface area (Å²) < 4.78 is 0. The number of aromatic hydroxyl groups is 1. The maximum absolute atomic E-state index is 12.5. The van der Waals surface area contributed by atoms with Gasteiger partial charge in [-0.25, -0.2) is 0 Å². The maximum atomic E-state index is 12.5. The quantitative estimate of drug-likeness (QED) is 0.811. The normalized spacial score (nSPS) is 11.5. The summed E-state index contributed by atoms with van der Waals surface area (Å²) in [5.74, 6) is 0.279. The van der Waals surface area contributed by atoms with Crippen LogP contribution >= 0.6 is 0 Å². The molecule has 0 aliphatic carbocycles. The van der Waals surface area contributed by atoms with Crippen LogP contribution in [0.5, 0.6) is 5.75 Å². The lowest BCUT2D eigenvalue weighted by Gasteiger charge is -2.27. The van der Waals surface area contributed by atoms with E-state index in [-0.39, 0.29) is 17.1 Å². The van der Waals surface area contributed by atoms with Gasteiger partial charge in [-0.1, -0.05) is 19.9 Å². The highest BCUT2D eigenvalue weighted by Crippen LogP contribution is 2.29. The van der Waals surface area contributed by atoms with Crippen LogP contribution in [0, 0.1) is 12.3 Å². The molecule has 0 heterocycles. The number of amides is 1. The van der Waals surface area contributed by atoms with E-state index in [0.717, 1.165) is 24.1 Å². The molecule has 0 bridgehead atoms. The molecular formula is C17H28N2O2. The number of aryl methyl sites for hydroxylation is 1. The maximum Gasteiger partial charge on any atom is 0.226 e. The van der Waals surface area contributed by atoms with Crippen molar-refractivity contribution in [1.29, 1.82) is 0 Å². The average Bonchev–Trinajstić information content (AvgIpc) is 2.41. The Bertz CT molecular complexity index is 484. The Morgan fingerprint density at radius 2 is 2.00 bits per heavy atom. The smallest absolute Gasteiger partial charge is 0.226 e. The predicted octanol–water partition coefficient (Wildman–Crippen LogP) is 3.21. The second-order valence-electron chi connectivity index (χ2n) is 6.31. The van der Waals surface area contributed by atoms with Crippen molar-refractivity contribution in [2.45, 2.75) is 47.0 Å². The van der Waals surface area contributed by atoms with E-state index in [1.807, 2.05) is 19.9 Å². The number of anilines is 1. The largest absolute Gasteiger partial charge is 0.508 e. The number of hydrogen-bond acceptors (Lipinski definition) is 3. The molecule has 0 unspecified atom stereocenters. The summed E-state index contributed by atoms with van der Waals surface area (Å²) in [6, 6.07) is 5.13. The van der Waals surface area contributed by atoms with E-state index in [9.17, 15) is 9.90 Å². The minimum absolute atomic E-state index is 0.0810. The lowest BCUT2D eigenvalue weighted by Crippen LogP contribution is -2.32. The summed E-state index contributed by atoms with van der Waals surface area (Å²) in [6.07, 6.45) is 2.23. The Balaban J connectivity index is 2.80. The third-order valence-corrected chi connectivity index (χ3v) is 3.94. The van der Waals surface area contributed by atoms with E-state index >= 15 is 0 Å². The molecule has 0 radical (unpaired) electrons. The average molecular weight is 292 g/mol. The van der Waals surface area contributed by atoms with Crippen molar-refractivity contribution in [3.8, 4) is 5.75 Å². The van der Waals surface area contributed by atoms with E-state index in [4.69, 9.17) is 5.73 Å². The Morgan fingerprint density at radius 1 is 1.33 bits per heavy atom.